The van der Waals surface area contributed by atoms with E-state index in [1.165, 1.54) is 20.3 Å². The molecule has 0 aliphatic carbocycles. The van der Waals surface area contributed by atoms with Crippen LogP contribution in [0, 0.1) is 0 Å². The molecule has 0 bridgehead atoms. The summed E-state index contributed by atoms with van der Waals surface area (Å²) in [6.07, 6.45) is 0. The molecule has 1 aromatic heterocycles. The molecule has 1 heterocycles. The van der Waals surface area contributed by atoms with E-state index in [4.69, 9.17) is 21.1 Å². The van der Waals surface area contributed by atoms with Gasteiger partial charge in [-0.2, -0.15) is 11.8 Å². The van der Waals surface area contributed by atoms with Crippen molar-refractivity contribution in [3.63, 3.8) is 0 Å². The lowest BCUT2D eigenvalue weighted by molar-refractivity contribution is -0.113. The molecule has 2 rings (SSSR count). The number of anilines is 1. The number of carbonyl (C=O) groups excluding carboxylic acids is 1. The molecule has 0 atom stereocenters. The van der Waals surface area contributed by atoms with E-state index in [2.05, 4.69) is 15.3 Å². The van der Waals surface area contributed by atoms with E-state index in [0.717, 1.165) is 17.5 Å². The maximum absolute atomic E-state index is 12.3. The maximum atomic E-state index is 12.3. The highest BCUT2D eigenvalue weighted by atomic mass is 35.5. The zero-order valence-corrected chi connectivity index (χ0v) is 17.5. The lowest BCUT2D eigenvalue weighted by atomic mass is 10.2. The van der Waals surface area contributed by atoms with Gasteiger partial charge < -0.3 is 19.8 Å². The fraction of sp³-hybridized carbons (Fsp3) is 0.353. The van der Waals surface area contributed by atoms with Crippen molar-refractivity contribution in [2.75, 3.05) is 31.0 Å². The summed E-state index contributed by atoms with van der Waals surface area (Å²) in [6.45, 7) is 2.04. The molecular formula is C17H20ClN3O4S2. The number of rotatable bonds is 9. The number of H-pyrrole nitrogens is 1. The number of benzene rings is 1. The van der Waals surface area contributed by atoms with Crippen molar-refractivity contribution in [3.8, 4) is 11.5 Å². The largest absolute Gasteiger partial charge is 0.495 e. The minimum absolute atomic E-state index is 0.0708. The van der Waals surface area contributed by atoms with Gasteiger partial charge in [0, 0.05) is 24.0 Å². The van der Waals surface area contributed by atoms with Crippen LogP contribution < -0.4 is 20.3 Å². The number of hydrogen-bond donors (Lipinski definition) is 2. The molecule has 10 heteroatoms. The molecule has 7 nitrogen and oxygen atoms in total. The number of thioether (sulfide) groups is 2. The molecule has 0 aliphatic rings. The first-order chi connectivity index (χ1) is 13.0. The number of carbonyl (C=O) groups is 1. The fourth-order valence-corrected chi connectivity index (χ4v) is 3.60. The summed E-state index contributed by atoms with van der Waals surface area (Å²) >= 11 is 8.88. The minimum atomic E-state index is -0.279. The van der Waals surface area contributed by atoms with Gasteiger partial charge in [-0.3, -0.25) is 9.59 Å². The Morgan fingerprint density at radius 1 is 1.26 bits per heavy atom. The van der Waals surface area contributed by atoms with Crippen LogP contribution in [0.3, 0.4) is 0 Å². The molecule has 0 aliphatic heterocycles. The molecule has 0 saturated carbocycles. The Morgan fingerprint density at radius 3 is 2.67 bits per heavy atom. The van der Waals surface area contributed by atoms with E-state index >= 15 is 0 Å². The summed E-state index contributed by atoms with van der Waals surface area (Å²) in [5.74, 6) is 2.23. The molecule has 2 N–H and O–H groups in total. The summed E-state index contributed by atoms with van der Waals surface area (Å²) < 4.78 is 10.4. The maximum Gasteiger partial charge on any atom is 0.251 e. The second kappa shape index (κ2) is 10.5. The Morgan fingerprint density at radius 2 is 2.00 bits per heavy atom. The third-order valence-electron chi connectivity index (χ3n) is 3.32. The van der Waals surface area contributed by atoms with Gasteiger partial charge in [0.15, 0.2) is 5.16 Å². The first-order valence-corrected chi connectivity index (χ1v) is 10.5. The van der Waals surface area contributed by atoms with Crippen LogP contribution in [-0.2, 0) is 10.5 Å². The van der Waals surface area contributed by atoms with Crippen LogP contribution in [0.2, 0.25) is 5.02 Å². The first kappa shape index (κ1) is 21.5. The van der Waals surface area contributed by atoms with Crippen molar-refractivity contribution in [2.45, 2.75) is 17.8 Å². The minimum Gasteiger partial charge on any atom is -0.495 e. The van der Waals surface area contributed by atoms with Crippen LogP contribution in [0.5, 0.6) is 11.5 Å². The number of methoxy groups -OCH3 is 2. The predicted molar refractivity (Wildman–Crippen MR) is 111 cm³/mol. The predicted octanol–water partition coefficient (Wildman–Crippen LogP) is 3.42. The molecular weight excluding hydrogens is 410 g/mol. The van der Waals surface area contributed by atoms with E-state index in [-0.39, 0.29) is 17.2 Å². The Balaban J connectivity index is 2.04. The van der Waals surface area contributed by atoms with Crippen molar-refractivity contribution < 1.29 is 14.3 Å². The molecule has 146 valence electrons. The van der Waals surface area contributed by atoms with Crippen LogP contribution >= 0.6 is 35.1 Å². The number of halogens is 1. The van der Waals surface area contributed by atoms with Gasteiger partial charge in [-0.25, -0.2) is 4.98 Å². The number of amides is 1. The molecule has 1 aromatic carbocycles. The molecule has 0 radical (unpaired) electrons. The van der Waals surface area contributed by atoms with E-state index in [1.807, 2.05) is 6.92 Å². The number of aromatic nitrogens is 2. The Labute approximate surface area is 170 Å². The van der Waals surface area contributed by atoms with Gasteiger partial charge >= 0.3 is 0 Å². The molecule has 2 aromatic rings. The summed E-state index contributed by atoms with van der Waals surface area (Å²) in [4.78, 5) is 31.0. The third kappa shape index (κ3) is 6.37. The topological polar surface area (TPSA) is 93.3 Å². The van der Waals surface area contributed by atoms with Gasteiger partial charge in [-0.15, -0.1) is 0 Å². The van der Waals surface area contributed by atoms with E-state index < -0.39 is 0 Å². The van der Waals surface area contributed by atoms with Gasteiger partial charge in [-0.05, 0) is 5.75 Å². The molecule has 0 unspecified atom stereocenters. The standard InChI is InChI=1S/C17H20ClN3O4S2/c1-4-26-8-10-5-15(22)21-17(19-10)27-9-16(23)20-12-7-13(24-2)11(18)6-14(12)25-3/h5-7H,4,8-9H2,1-3H3,(H,20,23)(H,19,21,22). The van der Waals surface area contributed by atoms with Crippen molar-refractivity contribution in [2.24, 2.45) is 0 Å². The van der Waals surface area contributed by atoms with Crippen LogP contribution in [0.1, 0.15) is 12.6 Å². The number of hydrogen-bond acceptors (Lipinski definition) is 7. The van der Waals surface area contributed by atoms with E-state index in [1.54, 1.807) is 23.9 Å². The van der Waals surface area contributed by atoms with Crippen LogP contribution in [0.4, 0.5) is 5.69 Å². The molecule has 1 amide bonds. The summed E-state index contributed by atoms with van der Waals surface area (Å²) in [5, 5.41) is 3.54. The second-order valence-corrected chi connectivity index (χ2v) is 7.85. The summed E-state index contributed by atoms with van der Waals surface area (Å²) in [6, 6.07) is 4.63. The quantitative estimate of drug-likeness (QED) is 0.466. The first-order valence-electron chi connectivity index (χ1n) is 7.99. The van der Waals surface area contributed by atoms with Gasteiger partial charge in [0.1, 0.15) is 11.5 Å². The molecule has 0 saturated heterocycles. The highest BCUT2D eigenvalue weighted by Gasteiger charge is 2.13. The van der Waals surface area contributed by atoms with Crippen molar-refractivity contribution in [3.05, 3.63) is 39.3 Å². The van der Waals surface area contributed by atoms with Crippen molar-refractivity contribution in [1.29, 1.82) is 0 Å². The smallest absolute Gasteiger partial charge is 0.251 e. The average Bonchev–Trinajstić information content (AvgIpc) is 2.65. The highest BCUT2D eigenvalue weighted by Crippen LogP contribution is 2.35. The SMILES string of the molecule is CCSCc1cc(=O)[nH]c(SCC(=O)Nc2cc(OC)c(Cl)cc2OC)n1. The van der Waals surface area contributed by atoms with Gasteiger partial charge in [-0.1, -0.05) is 30.3 Å². The summed E-state index contributed by atoms with van der Waals surface area (Å²) in [5.41, 5.74) is 0.903. The third-order valence-corrected chi connectivity index (χ3v) is 5.39. The van der Waals surface area contributed by atoms with E-state index in [9.17, 15) is 9.59 Å². The van der Waals surface area contributed by atoms with E-state index in [0.29, 0.717) is 38.8 Å². The second-order valence-electron chi connectivity index (χ2n) is 5.20. The van der Waals surface area contributed by atoms with Crippen molar-refractivity contribution >= 4 is 46.7 Å². The average molecular weight is 430 g/mol. The molecule has 0 spiro atoms. The summed E-state index contributed by atoms with van der Waals surface area (Å²) in [7, 11) is 2.97. The van der Waals surface area contributed by atoms with Crippen molar-refractivity contribution in [1.82, 2.24) is 9.97 Å². The normalized spacial score (nSPS) is 10.5. The number of nitrogens with zero attached hydrogens (tertiary/aromatic N) is 1. The van der Waals surface area contributed by atoms with Gasteiger partial charge in [0.2, 0.25) is 5.91 Å². The van der Waals surface area contributed by atoms with Crippen LogP contribution in [0.15, 0.2) is 28.2 Å². The Bertz CT molecular complexity index is 861. The molecule has 27 heavy (non-hydrogen) atoms. The monoisotopic (exact) mass is 429 g/mol. The number of ether oxygens (including phenoxy) is 2. The van der Waals surface area contributed by atoms with Gasteiger partial charge in [0.25, 0.3) is 5.56 Å². The number of aromatic amines is 1. The lowest BCUT2D eigenvalue weighted by Crippen LogP contribution is -2.16. The van der Waals surface area contributed by atoms with Gasteiger partial charge in [0.05, 0.1) is 36.4 Å². The highest BCUT2D eigenvalue weighted by molar-refractivity contribution is 7.99. The fourth-order valence-electron chi connectivity index (χ4n) is 2.11. The zero-order chi connectivity index (χ0) is 19.8. The Hall–Kier alpha value is -1.84. The van der Waals surface area contributed by atoms with Crippen LogP contribution in [-0.4, -0.2) is 41.6 Å². The molecule has 0 fully saturated rings. The lowest BCUT2D eigenvalue weighted by Gasteiger charge is -2.13. The van der Waals surface area contributed by atoms with Crippen LogP contribution in [0.25, 0.3) is 0 Å². The Kier molecular flexibility index (Phi) is 8.33. The number of nitrogens with one attached hydrogen (secondary N) is 2. The zero-order valence-electron chi connectivity index (χ0n) is 15.1.